The van der Waals surface area contributed by atoms with Gasteiger partial charge in [0.05, 0.1) is 10.9 Å². The molecule has 2 aromatic carbocycles. The molecule has 1 heterocycles. The van der Waals surface area contributed by atoms with Crippen LogP contribution in [0.1, 0.15) is 36.6 Å². The summed E-state index contributed by atoms with van der Waals surface area (Å²) >= 11 is 0. The lowest BCUT2D eigenvalue weighted by molar-refractivity contribution is -0.122. The molecule has 2 N–H and O–H groups in total. The smallest absolute Gasteiger partial charge is 0.263 e. The van der Waals surface area contributed by atoms with Gasteiger partial charge >= 0.3 is 0 Å². The Morgan fingerprint density at radius 1 is 1.08 bits per heavy atom. The van der Waals surface area contributed by atoms with Gasteiger partial charge in [-0.3, -0.25) is 14.5 Å². The third kappa shape index (κ3) is 3.48. The Labute approximate surface area is 153 Å². The summed E-state index contributed by atoms with van der Waals surface area (Å²) < 4.78 is 26.7. The molecule has 0 fully saturated rings. The first kappa shape index (κ1) is 18.1. The van der Waals surface area contributed by atoms with Crippen molar-refractivity contribution in [3.63, 3.8) is 0 Å². The monoisotopic (exact) mass is 371 g/mol. The van der Waals surface area contributed by atoms with Crippen LogP contribution in [-0.4, -0.2) is 26.2 Å². The Hall–Kier alpha value is -2.67. The molecule has 0 radical (unpaired) electrons. The Morgan fingerprint density at radius 3 is 2.46 bits per heavy atom. The van der Waals surface area contributed by atoms with E-state index in [0.717, 1.165) is 11.1 Å². The topological polar surface area (TPSA) is 87.6 Å². The van der Waals surface area contributed by atoms with Crippen LogP contribution < -0.4 is 10.0 Å². The van der Waals surface area contributed by atoms with Gasteiger partial charge in [0.15, 0.2) is 0 Å². The van der Waals surface area contributed by atoms with Gasteiger partial charge in [0.1, 0.15) is 11.9 Å². The molecule has 3 rings (SSSR count). The Balaban J connectivity index is 1.78. The molecule has 1 amide bonds. The van der Waals surface area contributed by atoms with Crippen molar-refractivity contribution < 1.29 is 13.2 Å². The number of rotatable bonds is 4. The van der Waals surface area contributed by atoms with Crippen LogP contribution in [0, 0.1) is 6.92 Å². The van der Waals surface area contributed by atoms with Crippen LogP contribution in [0.3, 0.4) is 0 Å². The largest absolute Gasteiger partial charge is 0.348 e. The standard InChI is InChI=1S/C19H21N3O3S/c1-12-8-4-5-9-15(12)13(2)21-19(23)14(3)20-18-16-10-6-7-11-17(16)26(24,25)22-18/h4-11,13-14H,1-3H3,(H,20,22)(H,21,23). The van der Waals surface area contributed by atoms with Crippen molar-refractivity contribution in [2.75, 3.05) is 0 Å². The average Bonchev–Trinajstić information content (AvgIpc) is 2.86. The van der Waals surface area contributed by atoms with E-state index in [0.29, 0.717) is 5.56 Å². The van der Waals surface area contributed by atoms with Crippen molar-refractivity contribution in [1.29, 1.82) is 0 Å². The van der Waals surface area contributed by atoms with Gasteiger partial charge in [-0.25, -0.2) is 8.42 Å². The number of nitrogens with zero attached hydrogens (tertiary/aromatic N) is 1. The zero-order valence-electron chi connectivity index (χ0n) is 14.9. The number of carbonyl (C=O) groups is 1. The van der Waals surface area contributed by atoms with E-state index in [9.17, 15) is 13.2 Å². The van der Waals surface area contributed by atoms with Crippen LogP contribution in [0.4, 0.5) is 0 Å². The first-order valence-corrected chi connectivity index (χ1v) is 9.84. The summed E-state index contributed by atoms with van der Waals surface area (Å²) in [7, 11) is -3.61. The number of hydrogen-bond donors (Lipinski definition) is 2. The highest BCUT2D eigenvalue weighted by Gasteiger charge is 2.31. The van der Waals surface area contributed by atoms with Crippen LogP contribution in [0.25, 0.3) is 0 Å². The second-order valence-corrected chi connectivity index (χ2v) is 7.99. The normalized spacial score (nSPS) is 18.7. The van der Waals surface area contributed by atoms with Crippen LogP contribution >= 0.6 is 0 Å². The predicted octanol–water partition coefficient (Wildman–Crippen LogP) is 2.30. The first-order chi connectivity index (χ1) is 12.3. The van der Waals surface area contributed by atoms with Crippen LogP contribution in [0.5, 0.6) is 0 Å². The zero-order valence-corrected chi connectivity index (χ0v) is 15.7. The number of aliphatic imine (C=N–C) groups is 1. The molecule has 0 bridgehead atoms. The number of fused-ring (bicyclic) bond motifs is 1. The van der Waals surface area contributed by atoms with E-state index in [2.05, 4.69) is 15.0 Å². The molecular formula is C19H21N3O3S. The van der Waals surface area contributed by atoms with Crippen molar-refractivity contribution in [3.8, 4) is 0 Å². The Bertz CT molecular complexity index is 983. The van der Waals surface area contributed by atoms with E-state index >= 15 is 0 Å². The van der Waals surface area contributed by atoms with Gasteiger partial charge < -0.3 is 5.32 Å². The molecule has 0 spiro atoms. The molecule has 6 nitrogen and oxygen atoms in total. The SMILES string of the molecule is Cc1ccccc1C(C)NC(=O)C(C)N=C1NS(=O)(=O)c2ccccc21. The van der Waals surface area contributed by atoms with Gasteiger partial charge in [0, 0.05) is 5.56 Å². The number of nitrogens with one attached hydrogen (secondary N) is 2. The molecule has 26 heavy (non-hydrogen) atoms. The van der Waals surface area contributed by atoms with E-state index in [1.54, 1.807) is 25.1 Å². The third-order valence-corrected chi connectivity index (χ3v) is 5.78. The summed E-state index contributed by atoms with van der Waals surface area (Å²) in [6.07, 6.45) is 0. The maximum Gasteiger partial charge on any atom is 0.263 e. The third-order valence-electron chi connectivity index (χ3n) is 4.38. The maximum atomic E-state index is 12.5. The summed E-state index contributed by atoms with van der Waals surface area (Å²) in [6.45, 7) is 5.54. The van der Waals surface area contributed by atoms with E-state index in [1.807, 2.05) is 38.1 Å². The fraction of sp³-hybridized carbons (Fsp3) is 0.263. The minimum atomic E-state index is -3.61. The number of benzene rings is 2. The van der Waals surface area contributed by atoms with Crippen molar-refractivity contribution in [1.82, 2.24) is 10.0 Å². The average molecular weight is 371 g/mol. The molecule has 2 unspecified atom stereocenters. The second kappa shape index (κ2) is 6.92. The van der Waals surface area contributed by atoms with Crippen molar-refractivity contribution in [2.45, 2.75) is 37.8 Å². The summed E-state index contributed by atoms with van der Waals surface area (Å²) in [6, 6.07) is 13.5. The quantitative estimate of drug-likeness (QED) is 0.864. The van der Waals surface area contributed by atoms with Crippen LogP contribution in [0.2, 0.25) is 0 Å². The summed E-state index contributed by atoms with van der Waals surface area (Å²) in [4.78, 5) is 17.0. The number of amidine groups is 1. The van der Waals surface area contributed by atoms with Crippen molar-refractivity contribution in [2.24, 2.45) is 4.99 Å². The lowest BCUT2D eigenvalue weighted by Crippen LogP contribution is -2.35. The summed E-state index contributed by atoms with van der Waals surface area (Å²) in [5, 5.41) is 2.93. The van der Waals surface area contributed by atoms with Crippen molar-refractivity contribution in [3.05, 3.63) is 65.2 Å². The first-order valence-electron chi connectivity index (χ1n) is 8.35. The fourth-order valence-corrected chi connectivity index (χ4v) is 4.21. The minimum absolute atomic E-state index is 0.168. The number of hydrogen-bond acceptors (Lipinski definition) is 4. The molecule has 1 aliphatic rings. The van der Waals surface area contributed by atoms with Gasteiger partial charge in [-0.2, -0.15) is 0 Å². The molecular weight excluding hydrogens is 350 g/mol. The van der Waals surface area contributed by atoms with Gasteiger partial charge in [0.2, 0.25) is 5.91 Å². The van der Waals surface area contributed by atoms with Gasteiger partial charge in [-0.1, -0.05) is 36.4 Å². The van der Waals surface area contributed by atoms with E-state index in [4.69, 9.17) is 0 Å². The lowest BCUT2D eigenvalue weighted by Gasteiger charge is -2.18. The van der Waals surface area contributed by atoms with Gasteiger partial charge in [-0.15, -0.1) is 0 Å². The molecule has 7 heteroatoms. The van der Waals surface area contributed by atoms with E-state index in [1.165, 1.54) is 6.07 Å². The van der Waals surface area contributed by atoms with Gasteiger partial charge in [-0.05, 0) is 44.0 Å². The fourth-order valence-electron chi connectivity index (χ4n) is 2.97. The summed E-state index contributed by atoms with van der Waals surface area (Å²) in [5.74, 6) is -0.0661. The van der Waals surface area contributed by atoms with E-state index < -0.39 is 16.1 Å². The lowest BCUT2D eigenvalue weighted by atomic mass is 10.0. The number of amides is 1. The highest BCUT2D eigenvalue weighted by molar-refractivity contribution is 7.90. The van der Waals surface area contributed by atoms with E-state index in [-0.39, 0.29) is 22.7 Å². The second-order valence-electron chi connectivity index (χ2n) is 6.34. The molecule has 136 valence electrons. The molecule has 2 atom stereocenters. The number of carbonyl (C=O) groups excluding carboxylic acids is 1. The highest BCUT2D eigenvalue weighted by atomic mass is 32.2. The molecule has 0 aromatic heterocycles. The Kier molecular flexibility index (Phi) is 4.82. The predicted molar refractivity (Wildman–Crippen MR) is 100 cm³/mol. The maximum absolute atomic E-state index is 12.5. The summed E-state index contributed by atoms with van der Waals surface area (Å²) in [5.41, 5.74) is 2.61. The highest BCUT2D eigenvalue weighted by Crippen LogP contribution is 2.23. The van der Waals surface area contributed by atoms with Crippen LogP contribution in [-0.2, 0) is 14.8 Å². The molecule has 0 aliphatic carbocycles. The zero-order chi connectivity index (χ0) is 18.9. The molecule has 0 saturated carbocycles. The number of sulfonamides is 1. The van der Waals surface area contributed by atoms with Crippen LogP contribution in [0.15, 0.2) is 58.4 Å². The Morgan fingerprint density at radius 2 is 1.73 bits per heavy atom. The minimum Gasteiger partial charge on any atom is -0.348 e. The van der Waals surface area contributed by atoms with Gasteiger partial charge in [0.25, 0.3) is 10.0 Å². The molecule has 1 aliphatic heterocycles. The molecule has 0 saturated heterocycles. The number of aryl methyl sites for hydroxylation is 1. The van der Waals surface area contributed by atoms with Crippen molar-refractivity contribution >= 4 is 21.8 Å². The molecule has 2 aromatic rings.